The minimum atomic E-state index is -5.11. The summed E-state index contributed by atoms with van der Waals surface area (Å²) in [6.45, 7) is 1.80. The van der Waals surface area contributed by atoms with E-state index in [1.165, 1.54) is 6.07 Å². The first-order valence-corrected chi connectivity index (χ1v) is 5.85. The lowest BCUT2D eigenvalue weighted by molar-refractivity contribution is 0.0527. The smallest absolute Gasteiger partial charge is 0.462 e. The molecule has 6 nitrogen and oxygen atoms in total. The molecule has 0 heterocycles. The van der Waals surface area contributed by atoms with E-state index in [4.69, 9.17) is 10.5 Å². The van der Waals surface area contributed by atoms with Gasteiger partial charge in [0, 0.05) is 11.8 Å². The van der Waals surface area contributed by atoms with E-state index < -0.39 is 16.5 Å². The van der Waals surface area contributed by atoms with Crippen molar-refractivity contribution in [1.29, 1.82) is 0 Å². The van der Waals surface area contributed by atoms with E-state index >= 15 is 0 Å². The van der Waals surface area contributed by atoms with Gasteiger partial charge in [-0.25, -0.2) is 4.79 Å². The Balaban J connectivity index is 2.98. The van der Waals surface area contributed by atoms with Crippen LogP contribution in [0.1, 0.15) is 17.3 Å². The summed E-state index contributed by atoms with van der Waals surface area (Å²) in [5.41, 5.74) is 5.46. The molecule has 1 aromatic rings. The third kappa shape index (κ3) is 3.91. The van der Waals surface area contributed by atoms with Gasteiger partial charge in [-0.2, -0.15) is 8.42 Å². The van der Waals surface area contributed by atoms with Crippen molar-refractivity contribution in [1.82, 2.24) is 0 Å². The second kappa shape index (κ2) is 5.00. The van der Waals surface area contributed by atoms with Crippen molar-refractivity contribution in [2.45, 2.75) is 6.92 Å². The minimum absolute atomic E-state index is 0.0513. The highest BCUT2D eigenvalue weighted by Crippen LogP contribution is 2.22. The molecule has 0 bridgehead atoms. The largest absolute Gasteiger partial charge is 0.488 e. The fraction of sp³-hybridized carbons (Fsp3) is 0.222. The lowest BCUT2D eigenvalue weighted by Crippen LogP contribution is -2.08. The first-order chi connectivity index (χ1) is 7.83. The van der Waals surface area contributed by atoms with Crippen molar-refractivity contribution in [3.8, 4) is 5.75 Å². The van der Waals surface area contributed by atoms with E-state index in [1.54, 1.807) is 6.92 Å². The molecule has 0 unspecified atom stereocenters. The maximum Gasteiger partial charge on any atom is 0.488 e. The quantitative estimate of drug-likeness (QED) is 0.495. The molecule has 0 amide bonds. The van der Waals surface area contributed by atoms with Gasteiger partial charge in [0.25, 0.3) is 0 Å². The van der Waals surface area contributed by atoms with Crippen LogP contribution in [-0.2, 0) is 15.2 Å². The second-order valence-electron chi connectivity index (χ2n) is 2.95. The molecular formula is C9H10FNO5S. The second-order valence-corrected chi connectivity index (χ2v) is 3.90. The predicted molar refractivity (Wildman–Crippen MR) is 57.5 cm³/mol. The van der Waals surface area contributed by atoms with Crippen LogP contribution in [0.25, 0.3) is 0 Å². The molecule has 0 saturated heterocycles. The molecule has 1 rings (SSSR count). The van der Waals surface area contributed by atoms with Gasteiger partial charge >= 0.3 is 16.5 Å². The van der Waals surface area contributed by atoms with E-state index in [0.717, 1.165) is 12.1 Å². The number of nitrogens with two attached hydrogens (primary N) is 1. The zero-order valence-electron chi connectivity index (χ0n) is 8.84. The summed E-state index contributed by atoms with van der Waals surface area (Å²) >= 11 is 0. The summed E-state index contributed by atoms with van der Waals surface area (Å²) in [5.74, 6) is -0.974. The number of carbonyl (C=O) groups excluding carboxylic acids is 1. The molecule has 0 aliphatic rings. The van der Waals surface area contributed by atoms with Crippen molar-refractivity contribution in [3.63, 3.8) is 0 Å². The third-order valence-corrected chi connectivity index (χ3v) is 2.11. The number of halogens is 1. The summed E-state index contributed by atoms with van der Waals surface area (Å²) in [5, 5.41) is 0. The molecule has 0 radical (unpaired) electrons. The summed E-state index contributed by atoms with van der Waals surface area (Å²) in [4.78, 5) is 11.3. The lowest BCUT2D eigenvalue weighted by Gasteiger charge is -2.06. The minimum Gasteiger partial charge on any atom is -0.462 e. The topological polar surface area (TPSA) is 95.7 Å². The number of anilines is 1. The number of rotatable bonds is 4. The Morgan fingerprint density at radius 3 is 2.59 bits per heavy atom. The number of hydrogen-bond acceptors (Lipinski definition) is 6. The Morgan fingerprint density at radius 2 is 2.12 bits per heavy atom. The fourth-order valence-electron chi connectivity index (χ4n) is 1.10. The third-order valence-electron chi connectivity index (χ3n) is 1.71. The Morgan fingerprint density at radius 1 is 1.47 bits per heavy atom. The Hall–Kier alpha value is -1.83. The zero-order valence-corrected chi connectivity index (χ0v) is 9.66. The molecule has 1 aromatic carbocycles. The first kappa shape index (κ1) is 13.2. The zero-order chi connectivity index (χ0) is 13.1. The number of nitrogen functional groups attached to an aromatic ring is 1. The SMILES string of the molecule is CCOC(=O)c1ccc(OS(=O)(=O)F)cc1N. The van der Waals surface area contributed by atoms with Gasteiger partial charge in [0.15, 0.2) is 0 Å². The molecule has 17 heavy (non-hydrogen) atoms. The molecule has 0 saturated carbocycles. The number of hydrogen-bond donors (Lipinski definition) is 1. The maximum atomic E-state index is 12.2. The van der Waals surface area contributed by atoms with Gasteiger partial charge < -0.3 is 14.7 Å². The molecule has 0 fully saturated rings. The molecule has 0 spiro atoms. The van der Waals surface area contributed by atoms with Crippen LogP contribution >= 0.6 is 0 Å². The molecule has 94 valence electrons. The Bertz CT molecular complexity index is 528. The van der Waals surface area contributed by atoms with Crippen LogP contribution in [0.3, 0.4) is 0 Å². The van der Waals surface area contributed by atoms with Crippen molar-refractivity contribution >= 4 is 22.2 Å². The van der Waals surface area contributed by atoms with Crippen LogP contribution in [-0.4, -0.2) is 21.0 Å². The van der Waals surface area contributed by atoms with Crippen LogP contribution < -0.4 is 9.92 Å². The van der Waals surface area contributed by atoms with Gasteiger partial charge in [-0.15, -0.1) is 0 Å². The normalized spacial score (nSPS) is 10.9. The van der Waals surface area contributed by atoms with Gasteiger partial charge in [-0.3, -0.25) is 0 Å². The fourth-order valence-corrected chi connectivity index (χ4v) is 1.44. The van der Waals surface area contributed by atoms with Gasteiger partial charge in [0.1, 0.15) is 5.75 Å². The highest BCUT2D eigenvalue weighted by atomic mass is 32.3. The highest BCUT2D eigenvalue weighted by Gasteiger charge is 2.14. The van der Waals surface area contributed by atoms with Crippen LogP contribution in [0.4, 0.5) is 9.57 Å². The van der Waals surface area contributed by atoms with Gasteiger partial charge in [0.05, 0.1) is 12.2 Å². The summed E-state index contributed by atoms with van der Waals surface area (Å²) in [7, 11) is -5.11. The Labute approximate surface area is 97.6 Å². The van der Waals surface area contributed by atoms with Crippen LogP contribution in [0, 0.1) is 0 Å². The number of esters is 1. The highest BCUT2D eigenvalue weighted by molar-refractivity contribution is 7.81. The maximum absolute atomic E-state index is 12.2. The monoisotopic (exact) mass is 263 g/mol. The van der Waals surface area contributed by atoms with E-state index in [0.29, 0.717) is 0 Å². The van der Waals surface area contributed by atoms with E-state index in [9.17, 15) is 17.1 Å². The number of carbonyl (C=O) groups is 1. The van der Waals surface area contributed by atoms with E-state index in [1.807, 2.05) is 0 Å². The van der Waals surface area contributed by atoms with Gasteiger partial charge in [-0.1, -0.05) is 3.89 Å². The number of benzene rings is 1. The van der Waals surface area contributed by atoms with Crippen LogP contribution in [0.5, 0.6) is 5.75 Å². The standard InChI is InChI=1S/C9H10FNO5S/c1-2-15-9(12)7-4-3-6(5-8(7)11)16-17(10,13)14/h3-5H,2,11H2,1H3. The number of ether oxygens (including phenoxy) is 1. The van der Waals surface area contributed by atoms with Crippen molar-refractivity contribution < 1.29 is 26.0 Å². The van der Waals surface area contributed by atoms with Crippen molar-refractivity contribution in [3.05, 3.63) is 23.8 Å². The Kier molecular flexibility index (Phi) is 3.89. The van der Waals surface area contributed by atoms with Crippen LogP contribution in [0.15, 0.2) is 18.2 Å². The average Bonchev–Trinajstić information content (AvgIpc) is 2.15. The molecule has 0 atom stereocenters. The molecule has 0 aliphatic heterocycles. The van der Waals surface area contributed by atoms with E-state index in [-0.39, 0.29) is 23.6 Å². The van der Waals surface area contributed by atoms with Crippen molar-refractivity contribution in [2.75, 3.05) is 12.3 Å². The van der Waals surface area contributed by atoms with Crippen molar-refractivity contribution in [2.24, 2.45) is 0 Å². The molecule has 8 heteroatoms. The first-order valence-electron chi connectivity index (χ1n) is 4.54. The molecule has 0 aromatic heterocycles. The van der Waals surface area contributed by atoms with E-state index in [2.05, 4.69) is 4.18 Å². The lowest BCUT2D eigenvalue weighted by atomic mass is 10.2. The predicted octanol–water partition coefficient (Wildman–Crippen LogP) is 1.04. The molecule has 0 aliphatic carbocycles. The molecule has 2 N–H and O–H groups in total. The van der Waals surface area contributed by atoms with Crippen LogP contribution in [0.2, 0.25) is 0 Å². The van der Waals surface area contributed by atoms with Gasteiger partial charge in [0.2, 0.25) is 0 Å². The summed E-state index contributed by atoms with van der Waals surface area (Å²) in [6.07, 6.45) is 0. The molecular weight excluding hydrogens is 253 g/mol. The summed E-state index contributed by atoms with van der Waals surface area (Å²) < 4.78 is 41.3. The average molecular weight is 263 g/mol. The van der Waals surface area contributed by atoms with Gasteiger partial charge in [-0.05, 0) is 19.1 Å². The summed E-state index contributed by atoms with van der Waals surface area (Å²) in [6, 6.07) is 3.30.